The minimum Gasteiger partial charge on any atom is -0.354 e. The van der Waals surface area contributed by atoms with E-state index in [-0.39, 0.29) is 11.8 Å². The first-order chi connectivity index (χ1) is 8.95. The van der Waals surface area contributed by atoms with Crippen LogP contribution in [0, 0.1) is 13.8 Å². The highest BCUT2D eigenvalue weighted by molar-refractivity contribution is 5.98. The molecule has 2 N–H and O–H groups in total. The van der Waals surface area contributed by atoms with Crippen molar-refractivity contribution in [2.24, 2.45) is 0 Å². The predicted octanol–water partition coefficient (Wildman–Crippen LogP) is 1.95. The van der Waals surface area contributed by atoms with Crippen molar-refractivity contribution >= 4 is 11.8 Å². The molecule has 0 unspecified atom stereocenters. The molecular formula is C15H22N2O2. The third-order valence-corrected chi connectivity index (χ3v) is 2.93. The van der Waals surface area contributed by atoms with Crippen molar-refractivity contribution in [1.29, 1.82) is 0 Å². The molecule has 1 aromatic rings. The van der Waals surface area contributed by atoms with Crippen LogP contribution in [0.4, 0.5) is 0 Å². The molecule has 19 heavy (non-hydrogen) atoms. The summed E-state index contributed by atoms with van der Waals surface area (Å²) in [6.07, 6.45) is 0.878. The number of rotatable bonds is 5. The highest BCUT2D eigenvalue weighted by Crippen LogP contribution is 2.10. The van der Waals surface area contributed by atoms with E-state index in [2.05, 4.69) is 10.6 Å². The van der Waals surface area contributed by atoms with Crippen molar-refractivity contribution in [3.05, 3.63) is 34.9 Å². The van der Waals surface area contributed by atoms with Gasteiger partial charge < -0.3 is 10.6 Å². The van der Waals surface area contributed by atoms with E-state index in [4.69, 9.17) is 0 Å². The molecule has 0 spiro atoms. The van der Waals surface area contributed by atoms with E-state index in [1.165, 1.54) is 0 Å². The average Bonchev–Trinajstić information content (AvgIpc) is 2.38. The van der Waals surface area contributed by atoms with Crippen molar-refractivity contribution in [3.63, 3.8) is 0 Å². The van der Waals surface area contributed by atoms with Crippen molar-refractivity contribution in [1.82, 2.24) is 10.6 Å². The fourth-order valence-electron chi connectivity index (χ4n) is 1.72. The van der Waals surface area contributed by atoms with Crippen LogP contribution in [0.3, 0.4) is 0 Å². The van der Waals surface area contributed by atoms with E-state index in [1.54, 1.807) is 6.92 Å². The summed E-state index contributed by atoms with van der Waals surface area (Å²) in [5.41, 5.74) is 2.55. The van der Waals surface area contributed by atoms with Crippen LogP contribution in [0.25, 0.3) is 0 Å². The summed E-state index contributed by atoms with van der Waals surface area (Å²) in [6, 6.07) is 5.18. The number of carbonyl (C=O) groups is 2. The van der Waals surface area contributed by atoms with Gasteiger partial charge in [-0.25, -0.2) is 0 Å². The fourth-order valence-corrected chi connectivity index (χ4v) is 1.72. The van der Waals surface area contributed by atoms with Gasteiger partial charge in [-0.05, 0) is 38.8 Å². The second-order valence-electron chi connectivity index (χ2n) is 4.80. The summed E-state index contributed by atoms with van der Waals surface area (Å²) < 4.78 is 0. The molecule has 2 amide bonds. The molecular weight excluding hydrogens is 240 g/mol. The standard InChI is InChI=1S/C15H22N2O2/c1-5-8-16-14(18)12(4)17-15(19)13-9-10(2)6-7-11(13)3/h6-7,9,12H,5,8H2,1-4H3,(H,16,18)(H,17,19)/t12-/m1/s1. The summed E-state index contributed by atoms with van der Waals surface area (Å²) in [5.74, 6) is -0.360. The zero-order valence-electron chi connectivity index (χ0n) is 12.0. The third-order valence-electron chi connectivity index (χ3n) is 2.93. The number of hydrogen-bond acceptors (Lipinski definition) is 2. The normalized spacial score (nSPS) is 11.8. The van der Waals surface area contributed by atoms with Gasteiger partial charge >= 0.3 is 0 Å². The van der Waals surface area contributed by atoms with E-state index in [9.17, 15) is 9.59 Å². The summed E-state index contributed by atoms with van der Waals surface area (Å²) in [6.45, 7) is 8.12. The van der Waals surface area contributed by atoms with Crippen LogP contribution >= 0.6 is 0 Å². The number of carbonyl (C=O) groups excluding carboxylic acids is 2. The molecule has 0 bridgehead atoms. The lowest BCUT2D eigenvalue weighted by molar-refractivity contribution is -0.122. The van der Waals surface area contributed by atoms with Gasteiger partial charge in [0.25, 0.3) is 5.91 Å². The largest absolute Gasteiger partial charge is 0.354 e. The number of amides is 2. The molecule has 0 fully saturated rings. The SMILES string of the molecule is CCCNC(=O)[C@@H](C)NC(=O)c1cc(C)ccc1C. The Morgan fingerprint density at radius 2 is 1.95 bits per heavy atom. The summed E-state index contributed by atoms with van der Waals surface area (Å²) in [4.78, 5) is 23.8. The molecule has 0 heterocycles. The Balaban J connectivity index is 2.68. The smallest absolute Gasteiger partial charge is 0.252 e. The maximum Gasteiger partial charge on any atom is 0.252 e. The lowest BCUT2D eigenvalue weighted by Crippen LogP contribution is -2.45. The fraction of sp³-hybridized carbons (Fsp3) is 0.467. The van der Waals surface area contributed by atoms with Crippen LogP contribution in [0.5, 0.6) is 0 Å². The quantitative estimate of drug-likeness (QED) is 0.852. The van der Waals surface area contributed by atoms with E-state index >= 15 is 0 Å². The van der Waals surface area contributed by atoms with Crippen LogP contribution < -0.4 is 10.6 Å². The van der Waals surface area contributed by atoms with Crippen molar-refractivity contribution < 1.29 is 9.59 Å². The zero-order chi connectivity index (χ0) is 14.4. The van der Waals surface area contributed by atoms with Gasteiger partial charge in [-0.2, -0.15) is 0 Å². The Bertz CT molecular complexity index is 469. The Kier molecular flexibility index (Phi) is 5.55. The van der Waals surface area contributed by atoms with E-state index < -0.39 is 6.04 Å². The Hall–Kier alpha value is -1.84. The van der Waals surface area contributed by atoms with Gasteiger partial charge in [-0.1, -0.05) is 24.6 Å². The first-order valence-corrected chi connectivity index (χ1v) is 6.61. The maximum atomic E-state index is 12.1. The third kappa shape index (κ3) is 4.39. The van der Waals surface area contributed by atoms with E-state index in [0.717, 1.165) is 17.5 Å². The molecule has 1 atom stereocenters. The molecule has 4 nitrogen and oxygen atoms in total. The first-order valence-electron chi connectivity index (χ1n) is 6.61. The molecule has 0 aliphatic carbocycles. The van der Waals surface area contributed by atoms with Gasteiger partial charge in [0.1, 0.15) is 6.04 Å². The van der Waals surface area contributed by atoms with Crippen molar-refractivity contribution in [3.8, 4) is 0 Å². The lowest BCUT2D eigenvalue weighted by atomic mass is 10.0. The average molecular weight is 262 g/mol. The van der Waals surface area contributed by atoms with Gasteiger partial charge in [0.15, 0.2) is 0 Å². The second kappa shape index (κ2) is 6.92. The Labute approximate surface area is 114 Å². The molecule has 0 aliphatic rings. The van der Waals surface area contributed by atoms with Crippen LogP contribution in [0.1, 0.15) is 41.8 Å². The zero-order valence-corrected chi connectivity index (χ0v) is 12.0. The van der Waals surface area contributed by atoms with Crippen LogP contribution in [-0.2, 0) is 4.79 Å². The van der Waals surface area contributed by atoms with Gasteiger partial charge in [0, 0.05) is 12.1 Å². The number of aryl methyl sites for hydroxylation is 2. The van der Waals surface area contributed by atoms with Crippen molar-refractivity contribution in [2.45, 2.75) is 40.2 Å². The minimum atomic E-state index is -0.529. The molecule has 4 heteroatoms. The van der Waals surface area contributed by atoms with Gasteiger partial charge in [0.2, 0.25) is 5.91 Å². The molecule has 0 saturated heterocycles. The highest BCUT2D eigenvalue weighted by atomic mass is 16.2. The maximum absolute atomic E-state index is 12.1. The summed E-state index contributed by atoms with van der Waals surface area (Å²) in [7, 11) is 0. The molecule has 1 rings (SSSR count). The Morgan fingerprint density at radius 1 is 1.26 bits per heavy atom. The first kappa shape index (κ1) is 15.2. The van der Waals surface area contributed by atoms with E-state index in [0.29, 0.717) is 12.1 Å². The van der Waals surface area contributed by atoms with Gasteiger partial charge in [-0.15, -0.1) is 0 Å². The topological polar surface area (TPSA) is 58.2 Å². The molecule has 0 aromatic heterocycles. The highest BCUT2D eigenvalue weighted by Gasteiger charge is 2.17. The Morgan fingerprint density at radius 3 is 2.58 bits per heavy atom. The summed E-state index contributed by atoms with van der Waals surface area (Å²) in [5, 5.41) is 5.48. The lowest BCUT2D eigenvalue weighted by Gasteiger charge is -2.15. The minimum absolute atomic E-state index is 0.152. The van der Waals surface area contributed by atoms with Gasteiger partial charge in [-0.3, -0.25) is 9.59 Å². The van der Waals surface area contributed by atoms with Crippen molar-refractivity contribution in [2.75, 3.05) is 6.54 Å². The van der Waals surface area contributed by atoms with Crippen LogP contribution in [-0.4, -0.2) is 24.4 Å². The molecule has 0 saturated carbocycles. The second-order valence-corrected chi connectivity index (χ2v) is 4.80. The monoisotopic (exact) mass is 262 g/mol. The number of hydrogen-bond donors (Lipinski definition) is 2. The number of benzene rings is 1. The summed E-state index contributed by atoms with van der Waals surface area (Å²) >= 11 is 0. The van der Waals surface area contributed by atoms with Crippen LogP contribution in [0.15, 0.2) is 18.2 Å². The predicted molar refractivity (Wildman–Crippen MR) is 76.1 cm³/mol. The number of nitrogens with one attached hydrogen (secondary N) is 2. The molecule has 0 aliphatic heterocycles. The van der Waals surface area contributed by atoms with Gasteiger partial charge in [0.05, 0.1) is 0 Å². The molecule has 1 aromatic carbocycles. The molecule has 104 valence electrons. The van der Waals surface area contributed by atoms with E-state index in [1.807, 2.05) is 39.0 Å². The molecule has 0 radical (unpaired) electrons. The van der Waals surface area contributed by atoms with Crippen LogP contribution in [0.2, 0.25) is 0 Å².